The van der Waals surface area contributed by atoms with Crippen molar-refractivity contribution in [2.24, 2.45) is 0 Å². The molecule has 0 amide bonds. The predicted molar refractivity (Wildman–Crippen MR) is 10.0 cm³/mol. The molecule has 0 aliphatic rings. The monoisotopic (exact) mass is 176 g/mol. The molecule has 0 aliphatic carbocycles. The van der Waals surface area contributed by atoms with Gasteiger partial charge in [-0.1, -0.05) is 0 Å². The molecule has 0 radical (unpaired) electrons. The second kappa shape index (κ2) is 10.0. The van der Waals surface area contributed by atoms with Crippen molar-refractivity contribution in [3.8, 4) is 0 Å². The Hall–Kier alpha value is 1.92. The predicted octanol–water partition coefficient (Wildman–Crippen LogP) is -6.50. The molecule has 0 bridgehead atoms. The maximum Gasteiger partial charge on any atom is 1.00 e. The van der Waals surface area contributed by atoms with Crippen molar-refractivity contribution in [2.45, 2.75) is 0 Å². The molecule has 3 nitrogen and oxygen atoms in total. The minimum absolute atomic E-state index is 0. The first-order valence-electron chi connectivity index (χ1n) is 0.500. The molecule has 28 valence electrons. The van der Waals surface area contributed by atoms with E-state index < -0.39 is 13.7 Å². The molecule has 0 aromatic carbocycles. The minimum Gasteiger partial charge on any atom is -1.00 e. The topological polar surface area (TPSA) is 51.2 Å². The summed E-state index contributed by atoms with van der Waals surface area (Å²) in [6.45, 7) is 0. The van der Waals surface area contributed by atoms with Crippen molar-refractivity contribution in [3.05, 3.63) is 0 Å². The molecule has 0 spiro atoms. The van der Waals surface area contributed by atoms with E-state index >= 15 is 0 Å². The third-order valence-electron chi connectivity index (χ3n) is 0. The van der Waals surface area contributed by atoms with Gasteiger partial charge in [0.1, 0.15) is 0 Å². The molecule has 0 fully saturated rings. The van der Waals surface area contributed by atoms with Gasteiger partial charge in [-0.3, -0.25) is 0 Å². The molecule has 6 heteroatoms. The van der Waals surface area contributed by atoms with Gasteiger partial charge in [-0.2, -0.15) is 0 Å². The molecule has 0 saturated heterocycles. The van der Waals surface area contributed by atoms with Crippen molar-refractivity contribution in [1.82, 2.24) is 0 Å². The molecule has 0 heterocycles. The van der Waals surface area contributed by atoms with Crippen molar-refractivity contribution in [2.75, 3.05) is 0 Å². The van der Waals surface area contributed by atoms with Gasteiger partial charge in [0.05, 0.1) is 0 Å². The average molecular weight is 175 g/mol. The second-order valence-electron chi connectivity index (χ2n) is 0.204. The molecular formula is H2Na2O3Se. The van der Waals surface area contributed by atoms with E-state index in [1.165, 1.54) is 0 Å². The number of rotatable bonds is 0. The zero-order valence-electron chi connectivity index (χ0n) is 5.63. The maximum atomic E-state index is 8.54. The minimum atomic E-state index is -3.79. The van der Waals surface area contributed by atoms with Crippen LogP contribution in [0.5, 0.6) is 0 Å². The molecular weight excluding hydrogens is 173 g/mol. The van der Waals surface area contributed by atoms with Crippen LogP contribution in [0.2, 0.25) is 0 Å². The molecule has 0 aliphatic heterocycles. The Kier molecular flexibility index (Phi) is 26.2. The summed E-state index contributed by atoms with van der Waals surface area (Å²) in [4.78, 5) is 0. The molecule has 0 N–H and O–H groups in total. The van der Waals surface area contributed by atoms with Crippen molar-refractivity contribution in [3.63, 3.8) is 0 Å². The van der Waals surface area contributed by atoms with Gasteiger partial charge in [-0.15, -0.1) is 0 Å². The fraction of sp³-hybridized carbons (Fsp3) is 0. The van der Waals surface area contributed by atoms with E-state index in [0.717, 1.165) is 0 Å². The molecule has 0 aromatic heterocycles. The van der Waals surface area contributed by atoms with Crippen LogP contribution in [0.4, 0.5) is 0 Å². The Labute approximate surface area is 85.9 Å². The number of hydrogen-bond acceptors (Lipinski definition) is 3. The van der Waals surface area contributed by atoms with E-state index in [4.69, 9.17) is 11.5 Å². The quantitative estimate of drug-likeness (QED) is 0.344. The van der Waals surface area contributed by atoms with Crippen LogP contribution < -0.4 is 59.1 Å². The third kappa shape index (κ3) is 38.9. The van der Waals surface area contributed by atoms with Crippen molar-refractivity contribution >= 4 is 13.7 Å². The molecule has 6 heavy (non-hydrogen) atoms. The smallest absolute Gasteiger partial charge is 1.00 e. The molecule has 0 unspecified atom stereocenters. The van der Waals surface area contributed by atoms with Crippen LogP contribution >= 0.6 is 0 Å². The summed E-state index contributed by atoms with van der Waals surface area (Å²) < 4.78 is 25.6. The first-order valence-corrected chi connectivity index (χ1v) is 2.60. The molecule has 0 aromatic rings. The summed E-state index contributed by atoms with van der Waals surface area (Å²) in [5.74, 6) is 0. The summed E-state index contributed by atoms with van der Waals surface area (Å²) in [5, 5.41) is 0. The van der Waals surface area contributed by atoms with E-state index in [1.807, 2.05) is 0 Å². The summed E-state index contributed by atoms with van der Waals surface area (Å²) >= 11 is -3.79. The van der Waals surface area contributed by atoms with Crippen LogP contribution in [0.3, 0.4) is 0 Å². The van der Waals surface area contributed by atoms with E-state index in [-0.39, 0.29) is 62.0 Å². The molecule has 0 saturated carbocycles. The summed E-state index contributed by atoms with van der Waals surface area (Å²) in [6, 6.07) is 0. The maximum absolute atomic E-state index is 8.54. The van der Waals surface area contributed by atoms with Gasteiger partial charge in [-0.25, -0.2) is 0 Å². The largest absolute Gasteiger partial charge is 1.00 e. The number of hydrogen-bond donors (Lipinski definition) is 0. The Morgan fingerprint density at radius 1 is 1.00 bits per heavy atom. The van der Waals surface area contributed by atoms with Crippen LogP contribution in [-0.2, 0) is 11.5 Å². The van der Waals surface area contributed by atoms with Crippen LogP contribution in [0, 0.1) is 0 Å². The first-order chi connectivity index (χ1) is 1.73. The zero-order chi connectivity index (χ0) is 3.58. The Morgan fingerprint density at radius 3 is 1.00 bits per heavy atom. The van der Waals surface area contributed by atoms with E-state index in [0.29, 0.717) is 0 Å². The summed E-state index contributed by atoms with van der Waals surface area (Å²) in [7, 11) is 0. The van der Waals surface area contributed by atoms with Gasteiger partial charge >= 0.3 is 84.3 Å². The van der Waals surface area contributed by atoms with Crippen LogP contribution in [-0.4, -0.2) is 13.7 Å². The van der Waals surface area contributed by atoms with Crippen molar-refractivity contribution < 1.29 is 73.5 Å². The van der Waals surface area contributed by atoms with Gasteiger partial charge in [-0.05, 0) is 0 Å². The van der Waals surface area contributed by atoms with Gasteiger partial charge in [0.2, 0.25) is 0 Å². The van der Waals surface area contributed by atoms with Gasteiger partial charge in [0.15, 0.2) is 0 Å². The Morgan fingerprint density at radius 2 is 1.00 bits per heavy atom. The zero-order valence-corrected chi connectivity index (χ0v) is 9.35. The Bertz CT molecular complexity index is 84.7. The second-order valence-corrected chi connectivity index (χ2v) is 1.06. The van der Waals surface area contributed by atoms with Gasteiger partial charge < -0.3 is 2.85 Å². The van der Waals surface area contributed by atoms with Crippen molar-refractivity contribution in [1.29, 1.82) is 0 Å². The molecule has 0 rings (SSSR count). The first kappa shape index (κ1) is 15.7. The fourth-order valence-electron chi connectivity index (χ4n) is 0. The van der Waals surface area contributed by atoms with Crippen LogP contribution in [0.25, 0.3) is 0 Å². The summed E-state index contributed by atoms with van der Waals surface area (Å²) in [6.07, 6.45) is 0. The Balaban J connectivity index is -0.00000000750. The van der Waals surface area contributed by atoms with Gasteiger partial charge in [0.25, 0.3) is 0 Å². The molecule has 0 atom stereocenters. The van der Waals surface area contributed by atoms with Crippen LogP contribution in [0.1, 0.15) is 2.85 Å². The normalized spacial score (nSPS) is 4.00. The standard InChI is InChI=1S/2Na.O3Se.2H/c;;1-4(2)3;;/q2*+1;;2*-1. The van der Waals surface area contributed by atoms with Gasteiger partial charge in [0, 0.05) is 0 Å². The fourth-order valence-corrected chi connectivity index (χ4v) is 0. The van der Waals surface area contributed by atoms with E-state index in [2.05, 4.69) is 0 Å². The summed E-state index contributed by atoms with van der Waals surface area (Å²) in [5.41, 5.74) is 0. The van der Waals surface area contributed by atoms with E-state index in [1.54, 1.807) is 0 Å². The van der Waals surface area contributed by atoms with E-state index in [9.17, 15) is 0 Å². The van der Waals surface area contributed by atoms with Crippen LogP contribution in [0.15, 0.2) is 0 Å². The third-order valence-corrected chi connectivity index (χ3v) is 0. The average Bonchev–Trinajstić information content (AvgIpc) is 0.811. The SMILES string of the molecule is O=[Se](=O)=O.[H-].[H-].[Na+].[Na+].